The molecule has 0 aliphatic heterocycles. The van der Waals surface area contributed by atoms with Crippen molar-refractivity contribution in [1.29, 1.82) is 0 Å². The summed E-state index contributed by atoms with van der Waals surface area (Å²) in [4.78, 5) is 11.2. The van der Waals surface area contributed by atoms with Crippen LogP contribution in [0, 0.1) is 12.7 Å². The summed E-state index contributed by atoms with van der Waals surface area (Å²) >= 11 is 0. The van der Waals surface area contributed by atoms with E-state index in [0.717, 1.165) is 5.69 Å². The van der Waals surface area contributed by atoms with Crippen molar-refractivity contribution in [2.45, 2.75) is 56.7 Å². The predicted octanol–water partition coefficient (Wildman–Crippen LogP) is 5.90. The summed E-state index contributed by atoms with van der Waals surface area (Å²) in [6.07, 6.45) is -0.869. The molecule has 1 N–H and O–H groups in total. The molecule has 2 aromatic rings. The Labute approximate surface area is 185 Å². The van der Waals surface area contributed by atoms with Crippen molar-refractivity contribution in [2.24, 2.45) is 0 Å². The van der Waals surface area contributed by atoms with Gasteiger partial charge >= 0.3 is 6.18 Å². The van der Waals surface area contributed by atoms with Crippen LogP contribution in [0.3, 0.4) is 0 Å². The van der Waals surface area contributed by atoms with E-state index < -0.39 is 23.5 Å². The van der Waals surface area contributed by atoms with Crippen molar-refractivity contribution < 1.29 is 35.8 Å². The van der Waals surface area contributed by atoms with Crippen LogP contribution in [-0.4, -0.2) is 28.0 Å². The number of H-pyrrole nitrogens is 1. The van der Waals surface area contributed by atoms with Gasteiger partial charge in [-0.25, -0.2) is 18.2 Å². The number of ether oxygens (including phenoxy) is 2. The zero-order valence-corrected chi connectivity index (χ0v) is 17.8. The van der Waals surface area contributed by atoms with Gasteiger partial charge in [-0.05, 0) is 25.5 Å². The quantitative estimate of drug-likeness (QED) is 0.531. The van der Waals surface area contributed by atoms with Crippen molar-refractivity contribution in [1.82, 2.24) is 15.0 Å². The molecule has 2 aliphatic carbocycles. The van der Waals surface area contributed by atoms with Gasteiger partial charge in [-0.2, -0.15) is 13.2 Å². The van der Waals surface area contributed by atoms with E-state index in [1.54, 1.807) is 12.2 Å². The summed E-state index contributed by atoms with van der Waals surface area (Å²) in [5.74, 6) is -2.97. The highest BCUT2D eigenvalue weighted by Crippen LogP contribution is 2.48. The molecule has 2 heterocycles. The van der Waals surface area contributed by atoms with E-state index >= 15 is 0 Å². The number of aromatic amines is 1. The number of alkyl halides is 5. The fourth-order valence-electron chi connectivity index (χ4n) is 3.96. The fourth-order valence-corrected chi connectivity index (χ4v) is 3.96. The molecule has 0 aromatic carbocycles. The van der Waals surface area contributed by atoms with E-state index in [4.69, 9.17) is 9.47 Å². The van der Waals surface area contributed by atoms with Crippen LogP contribution in [0.25, 0.3) is 0 Å². The smallest absolute Gasteiger partial charge is 0.417 e. The summed E-state index contributed by atoms with van der Waals surface area (Å²) in [5.41, 5.74) is -0.00564. The molecule has 1 saturated carbocycles. The molecule has 2 aliphatic rings. The maximum atomic E-state index is 14.0. The van der Waals surface area contributed by atoms with E-state index in [0.29, 0.717) is 41.7 Å². The maximum Gasteiger partial charge on any atom is 0.417 e. The zero-order chi connectivity index (χ0) is 24.0. The van der Waals surface area contributed by atoms with Gasteiger partial charge in [-0.1, -0.05) is 0 Å². The average Bonchev–Trinajstić information content (AvgIpc) is 3.11. The van der Waals surface area contributed by atoms with Gasteiger partial charge < -0.3 is 14.5 Å². The van der Waals surface area contributed by atoms with Gasteiger partial charge in [0.05, 0.1) is 24.3 Å². The third-order valence-corrected chi connectivity index (χ3v) is 5.79. The first-order chi connectivity index (χ1) is 15.5. The lowest BCUT2D eigenvalue weighted by atomic mass is 9.81. The van der Waals surface area contributed by atoms with Gasteiger partial charge in [0.15, 0.2) is 0 Å². The van der Waals surface area contributed by atoms with Gasteiger partial charge in [0, 0.05) is 36.7 Å². The Morgan fingerprint density at radius 1 is 1.24 bits per heavy atom. The van der Waals surface area contributed by atoms with Gasteiger partial charge in [-0.15, -0.1) is 0 Å². The van der Waals surface area contributed by atoms with Gasteiger partial charge in [0.25, 0.3) is 0 Å². The summed E-state index contributed by atoms with van der Waals surface area (Å²) in [6, 6.07) is 0.378. The topological polar surface area (TPSA) is 60.0 Å². The molecule has 33 heavy (non-hydrogen) atoms. The molecule has 0 bridgehead atoms. The molecule has 0 amide bonds. The van der Waals surface area contributed by atoms with Crippen LogP contribution in [0.15, 0.2) is 35.9 Å². The summed E-state index contributed by atoms with van der Waals surface area (Å²) in [6.45, 7) is 1.44. The van der Waals surface area contributed by atoms with Crippen LogP contribution in [0.1, 0.15) is 59.6 Å². The molecular weight excluding hydrogens is 452 g/mol. The van der Waals surface area contributed by atoms with Crippen LogP contribution < -0.4 is 0 Å². The molecule has 5 nitrogen and oxygen atoms in total. The molecule has 0 saturated heterocycles. The first kappa shape index (κ1) is 23.2. The third-order valence-electron chi connectivity index (χ3n) is 5.79. The minimum Gasteiger partial charge on any atom is -0.500 e. The SMILES string of the molecule is COC1=CC(OCc2ncc(C(F)(F)F)cc2F)=CCC1c1nc(C2CC(F)(F)C2)[nH]c1C. The summed E-state index contributed by atoms with van der Waals surface area (Å²) in [7, 11) is 1.47. The molecule has 11 heteroatoms. The number of pyridine rings is 1. The summed E-state index contributed by atoms with van der Waals surface area (Å²) in [5, 5.41) is 0. The lowest BCUT2D eigenvalue weighted by Crippen LogP contribution is -2.34. The third kappa shape index (κ3) is 4.86. The minimum absolute atomic E-state index is 0.233. The largest absolute Gasteiger partial charge is 0.500 e. The lowest BCUT2D eigenvalue weighted by Gasteiger charge is -2.33. The molecule has 1 fully saturated rings. The number of hydrogen-bond acceptors (Lipinski definition) is 4. The van der Waals surface area contributed by atoms with E-state index in [2.05, 4.69) is 15.0 Å². The monoisotopic (exact) mass is 473 g/mol. The van der Waals surface area contributed by atoms with Crippen molar-refractivity contribution in [3.63, 3.8) is 0 Å². The van der Waals surface area contributed by atoms with Crippen molar-refractivity contribution >= 4 is 0 Å². The molecule has 0 radical (unpaired) electrons. The standard InChI is InChI=1S/C22H21F6N3O2/c1-11-19(31-20(30-11)12-7-21(24,25)8-12)15-4-3-14(6-18(15)32-2)33-10-17-16(23)5-13(9-29-17)22(26,27)28/h3,5-6,9,12,15H,4,7-8,10H2,1-2H3,(H,30,31). The Morgan fingerprint density at radius 3 is 2.58 bits per heavy atom. The Bertz CT molecular complexity index is 1100. The number of hydrogen-bond donors (Lipinski definition) is 1. The molecule has 1 atom stereocenters. The maximum absolute atomic E-state index is 14.0. The number of nitrogens with one attached hydrogen (secondary N) is 1. The second kappa shape index (κ2) is 8.42. The Morgan fingerprint density at radius 2 is 1.97 bits per heavy atom. The van der Waals surface area contributed by atoms with E-state index in [9.17, 15) is 26.3 Å². The second-order valence-corrected chi connectivity index (χ2v) is 8.18. The first-order valence-corrected chi connectivity index (χ1v) is 10.2. The predicted molar refractivity (Wildman–Crippen MR) is 105 cm³/mol. The molecule has 1 unspecified atom stereocenters. The average molecular weight is 473 g/mol. The highest BCUT2D eigenvalue weighted by molar-refractivity contribution is 5.34. The number of aromatic nitrogens is 3. The van der Waals surface area contributed by atoms with Gasteiger partial charge in [-0.3, -0.25) is 4.98 Å². The molecule has 178 valence electrons. The van der Waals surface area contributed by atoms with Gasteiger partial charge in [0.1, 0.15) is 35.5 Å². The minimum atomic E-state index is -4.69. The molecule has 0 spiro atoms. The summed E-state index contributed by atoms with van der Waals surface area (Å²) < 4.78 is 89.4. The fraction of sp³-hybridized carbons (Fsp3) is 0.455. The molecule has 4 rings (SSSR count). The highest BCUT2D eigenvalue weighted by Gasteiger charge is 2.47. The van der Waals surface area contributed by atoms with Crippen LogP contribution >= 0.6 is 0 Å². The Hall–Kier alpha value is -2.98. The van der Waals surface area contributed by atoms with Crippen LogP contribution in [0.4, 0.5) is 26.3 Å². The van der Waals surface area contributed by atoms with Crippen molar-refractivity contribution in [3.8, 4) is 0 Å². The normalized spacial score (nSPS) is 20.7. The van der Waals surface area contributed by atoms with Crippen LogP contribution in [0.5, 0.6) is 0 Å². The molecule has 2 aromatic heterocycles. The van der Waals surface area contributed by atoms with Crippen molar-refractivity contribution in [3.05, 3.63) is 70.2 Å². The number of allylic oxidation sites excluding steroid dienone is 3. The van der Waals surface area contributed by atoms with Crippen LogP contribution in [-0.2, 0) is 22.3 Å². The van der Waals surface area contributed by atoms with E-state index in [1.165, 1.54) is 7.11 Å². The number of nitrogens with zero attached hydrogens (tertiary/aromatic N) is 2. The lowest BCUT2D eigenvalue weighted by molar-refractivity contribution is -0.138. The van der Waals surface area contributed by atoms with E-state index in [-0.39, 0.29) is 37.0 Å². The number of halogens is 6. The zero-order valence-electron chi connectivity index (χ0n) is 17.8. The first-order valence-electron chi connectivity index (χ1n) is 10.2. The van der Waals surface area contributed by atoms with Gasteiger partial charge in [0.2, 0.25) is 5.92 Å². The van der Waals surface area contributed by atoms with E-state index in [1.807, 2.05) is 6.92 Å². The Balaban J connectivity index is 1.44. The van der Waals surface area contributed by atoms with Crippen LogP contribution in [0.2, 0.25) is 0 Å². The number of rotatable bonds is 6. The second-order valence-electron chi connectivity index (χ2n) is 8.18. The molecular formula is C22H21F6N3O2. The number of aryl methyl sites for hydroxylation is 1. The Kier molecular flexibility index (Phi) is 5.92. The highest BCUT2D eigenvalue weighted by atomic mass is 19.4. The van der Waals surface area contributed by atoms with Crippen molar-refractivity contribution in [2.75, 3.05) is 7.11 Å². The number of methoxy groups -OCH3 is 1. The number of imidazole rings is 1.